The van der Waals surface area contributed by atoms with Crippen molar-refractivity contribution in [3.05, 3.63) is 29.3 Å². The average molecular weight is 264 g/mol. The molecular weight excluding hydrogens is 244 g/mol. The highest BCUT2D eigenvalue weighted by molar-refractivity contribution is 7.99. The van der Waals surface area contributed by atoms with E-state index in [1.54, 1.807) is 19.1 Å². The first-order valence-electron chi connectivity index (χ1n) is 6.61. The first kappa shape index (κ1) is 13.5. The lowest BCUT2D eigenvalue weighted by Crippen LogP contribution is -2.08. The maximum absolute atomic E-state index is 11.3. The molecule has 0 radical (unpaired) electrons. The monoisotopic (exact) mass is 264 g/mol. The van der Waals surface area contributed by atoms with E-state index < -0.39 is 0 Å². The molecule has 0 aliphatic heterocycles. The van der Waals surface area contributed by atoms with Crippen LogP contribution < -0.4 is 0 Å². The molecule has 0 saturated heterocycles. The number of aromatic hydroxyl groups is 1. The molecule has 0 aromatic heterocycles. The number of carbonyl (C=O) groups excluding carboxylic acids is 1. The van der Waals surface area contributed by atoms with E-state index in [0.717, 1.165) is 16.6 Å². The highest BCUT2D eigenvalue weighted by atomic mass is 32.2. The maximum atomic E-state index is 11.3. The standard InChI is InChI=1S/C15H20O2S/c1-11(16)12-7-8-15(17)13(9-12)10-18-14-5-3-2-4-6-14/h7-9,14,17H,2-6,10H2,1H3. The van der Waals surface area contributed by atoms with Crippen molar-refractivity contribution >= 4 is 17.5 Å². The van der Waals surface area contributed by atoms with Gasteiger partial charge in [0.25, 0.3) is 0 Å². The van der Waals surface area contributed by atoms with Gasteiger partial charge in [-0.2, -0.15) is 11.8 Å². The second-order valence-electron chi connectivity index (χ2n) is 4.97. The van der Waals surface area contributed by atoms with Gasteiger partial charge in [0.1, 0.15) is 5.75 Å². The molecule has 0 atom stereocenters. The number of carbonyl (C=O) groups is 1. The van der Waals surface area contributed by atoms with Crippen LogP contribution in [-0.4, -0.2) is 16.1 Å². The number of Topliss-reactive ketones (excluding diaryl/α,β-unsaturated/α-hetero) is 1. The Labute approximate surface area is 113 Å². The summed E-state index contributed by atoms with van der Waals surface area (Å²) in [6, 6.07) is 5.15. The van der Waals surface area contributed by atoms with E-state index in [2.05, 4.69) is 0 Å². The van der Waals surface area contributed by atoms with Crippen molar-refractivity contribution in [2.45, 2.75) is 50.0 Å². The van der Waals surface area contributed by atoms with Gasteiger partial charge in [0.15, 0.2) is 5.78 Å². The van der Waals surface area contributed by atoms with Crippen LogP contribution in [0.25, 0.3) is 0 Å². The van der Waals surface area contributed by atoms with Crippen LogP contribution in [0.2, 0.25) is 0 Å². The van der Waals surface area contributed by atoms with E-state index in [9.17, 15) is 9.90 Å². The molecule has 1 N–H and O–H groups in total. The first-order valence-corrected chi connectivity index (χ1v) is 7.66. The first-order chi connectivity index (χ1) is 8.66. The van der Waals surface area contributed by atoms with Crippen molar-refractivity contribution in [3.8, 4) is 5.75 Å². The van der Waals surface area contributed by atoms with Crippen molar-refractivity contribution in [3.63, 3.8) is 0 Å². The van der Waals surface area contributed by atoms with Gasteiger partial charge in [-0.25, -0.2) is 0 Å². The van der Waals surface area contributed by atoms with Gasteiger partial charge in [-0.3, -0.25) is 4.79 Å². The van der Waals surface area contributed by atoms with Gasteiger partial charge >= 0.3 is 0 Å². The summed E-state index contributed by atoms with van der Waals surface area (Å²) in [6.07, 6.45) is 6.60. The summed E-state index contributed by atoms with van der Waals surface area (Å²) in [5.74, 6) is 1.17. The lowest BCUT2D eigenvalue weighted by molar-refractivity contribution is 0.101. The molecule has 1 aromatic carbocycles. The normalized spacial score (nSPS) is 16.7. The van der Waals surface area contributed by atoms with Crippen LogP contribution in [0.1, 0.15) is 54.9 Å². The molecule has 0 bridgehead atoms. The zero-order valence-electron chi connectivity index (χ0n) is 10.8. The number of hydrogen-bond acceptors (Lipinski definition) is 3. The summed E-state index contributed by atoms with van der Waals surface area (Å²) in [7, 11) is 0. The number of phenolic OH excluding ortho intramolecular Hbond substituents is 1. The molecule has 1 saturated carbocycles. The van der Waals surface area contributed by atoms with E-state index >= 15 is 0 Å². The van der Waals surface area contributed by atoms with E-state index in [1.807, 2.05) is 17.8 Å². The van der Waals surface area contributed by atoms with Crippen LogP contribution in [0.4, 0.5) is 0 Å². The van der Waals surface area contributed by atoms with Crippen LogP contribution in [-0.2, 0) is 5.75 Å². The highest BCUT2D eigenvalue weighted by Crippen LogP contribution is 2.32. The average Bonchev–Trinajstić information content (AvgIpc) is 2.38. The minimum atomic E-state index is 0.0546. The lowest BCUT2D eigenvalue weighted by Gasteiger charge is -2.21. The van der Waals surface area contributed by atoms with Gasteiger partial charge in [0.2, 0.25) is 0 Å². The number of phenols is 1. The smallest absolute Gasteiger partial charge is 0.159 e. The predicted octanol–water partition coefficient (Wildman–Crippen LogP) is 4.16. The summed E-state index contributed by atoms with van der Waals surface area (Å²) in [5.41, 5.74) is 1.57. The Kier molecular flexibility index (Phi) is 4.70. The van der Waals surface area contributed by atoms with Crippen molar-refractivity contribution in [1.29, 1.82) is 0 Å². The fraction of sp³-hybridized carbons (Fsp3) is 0.533. The van der Waals surface area contributed by atoms with Crippen LogP contribution >= 0.6 is 11.8 Å². The van der Waals surface area contributed by atoms with Crippen LogP contribution in [0.5, 0.6) is 5.75 Å². The molecule has 1 aliphatic carbocycles. The Balaban J connectivity index is 1.99. The molecule has 1 aromatic rings. The summed E-state index contributed by atoms with van der Waals surface area (Å²) in [5, 5.41) is 10.5. The third kappa shape index (κ3) is 3.52. The van der Waals surface area contributed by atoms with Gasteiger partial charge < -0.3 is 5.11 Å². The molecule has 2 nitrogen and oxygen atoms in total. The second-order valence-corrected chi connectivity index (χ2v) is 6.26. The summed E-state index contributed by atoms with van der Waals surface area (Å²) in [4.78, 5) is 11.3. The van der Waals surface area contributed by atoms with Crippen molar-refractivity contribution in [2.75, 3.05) is 0 Å². The Morgan fingerprint density at radius 1 is 1.33 bits per heavy atom. The highest BCUT2D eigenvalue weighted by Gasteiger charge is 2.15. The Bertz CT molecular complexity index is 423. The summed E-state index contributed by atoms with van der Waals surface area (Å²) >= 11 is 1.91. The largest absolute Gasteiger partial charge is 0.508 e. The van der Waals surface area contributed by atoms with E-state index in [1.165, 1.54) is 32.1 Å². The lowest BCUT2D eigenvalue weighted by atomic mass is 10.0. The fourth-order valence-corrected chi connectivity index (χ4v) is 3.67. The third-order valence-electron chi connectivity index (χ3n) is 3.51. The third-order valence-corrected chi connectivity index (χ3v) is 4.93. The summed E-state index contributed by atoms with van der Waals surface area (Å²) in [6.45, 7) is 1.56. The van der Waals surface area contributed by atoms with Crippen LogP contribution in [0.15, 0.2) is 18.2 Å². The predicted molar refractivity (Wildman–Crippen MR) is 76.3 cm³/mol. The van der Waals surface area contributed by atoms with Gasteiger partial charge in [-0.1, -0.05) is 19.3 Å². The van der Waals surface area contributed by atoms with Crippen LogP contribution in [0, 0.1) is 0 Å². The SMILES string of the molecule is CC(=O)c1ccc(O)c(CSC2CCCCC2)c1. The minimum absolute atomic E-state index is 0.0546. The summed E-state index contributed by atoms with van der Waals surface area (Å²) < 4.78 is 0. The number of ketones is 1. The van der Waals surface area contributed by atoms with E-state index in [-0.39, 0.29) is 5.78 Å². The molecule has 0 spiro atoms. The molecule has 1 fully saturated rings. The molecule has 0 heterocycles. The molecule has 2 rings (SSSR count). The van der Waals surface area contributed by atoms with Crippen molar-refractivity contribution in [2.24, 2.45) is 0 Å². The van der Waals surface area contributed by atoms with Crippen molar-refractivity contribution in [1.82, 2.24) is 0 Å². The molecular formula is C15H20O2S. The fourth-order valence-electron chi connectivity index (χ4n) is 2.36. The topological polar surface area (TPSA) is 37.3 Å². The Morgan fingerprint density at radius 3 is 2.72 bits per heavy atom. The van der Waals surface area contributed by atoms with Gasteiger partial charge in [0, 0.05) is 22.1 Å². The number of rotatable bonds is 4. The Morgan fingerprint density at radius 2 is 2.06 bits per heavy atom. The molecule has 98 valence electrons. The van der Waals surface area contributed by atoms with Gasteiger partial charge in [-0.05, 0) is 38.0 Å². The van der Waals surface area contributed by atoms with Crippen LogP contribution in [0.3, 0.4) is 0 Å². The zero-order chi connectivity index (χ0) is 13.0. The number of thioether (sulfide) groups is 1. The molecule has 0 unspecified atom stereocenters. The number of benzene rings is 1. The maximum Gasteiger partial charge on any atom is 0.159 e. The Hall–Kier alpha value is -0.960. The quantitative estimate of drug-likeness (QED) is 0.830. The molecule has 3 heteroatoms. The second kappa shape index (κ2) is 6.28. The minimum Gasteiger partial charge on any atom is -0.508 e. The van der Waals surface area contributed by atoms with E-state index in [4.69, 9.17) is 0 Å². The van der Waals surface area contributed by atoms with Gasteiger partial charge in [-0.15, -0.1) is 0 Å². The van der Waals surface area contributed by atoms with Gasteiger partial charge in [0.05, 0.1) is 0 Å². The molecule has 18 heavy (non-hydrogen) atoms. The molecule has 0 amide bonds. The van der Waals surface area contributed by atoms with Crippen molar-refractivity contribution < 1.29 is 9.90 Å². The molecule has 1 aliphatic rings. The number of hydrogen-bond donors (Lipinski definition) is 1. The van der Waals surface area contributed by atoms with E-state index in [0.29, 0.717) is 11.3 Å². The zero-order valence-corrected chi connectivity index (χ0v) is 11.6.